The minimum absolute atomic E-state index is 0.0339. The Bertz CT molecular complexity index is 1130. The van der Waals surface area contributed by atoms with Crippen molar-refractivity contribution in [1.29, 1.82) is 5.26 Å². The molecule has 146 valence electrons. The number of benzene rings is 2. The number of anilines is 1. The molecule has 1 aromatic heterocycles. The zero-order chi connectivity index (χ0) is 20.4. The van der Waals surface area contributed by atoms with Crippen molar-refractivity contribution < 1.29 is 4.79 Å². The van der Waals surface area contributed by atoms with Crippen molar-refractivity contribution in [3.05, 3.63) is 59.0 Å². The summed E-state index contributed by atoms with van der Waals surface area (Å²) in [5, 5.41) is 11.4. The van der Waals surface area contributed by atoms with Gasteiger partial charge in [-0.3, -0.25) is 4.79 Å². The number of hydrogen-bond acceptors (Lipinski definition) is 5. The molecule has 0 aliphatic carbocycles. The topological polar surface area (TPSA) is 73.4 Å². The zero-order valence-corrected chi connectivity index (χ0v) is 17.1. The van der Waals surface area contributed by atoms with Crippen molar-refractivity contribution in [3.63, 3.8) is 0 Å². The van der Waals surface area contributed by atoms with Crippen LogP contribution in [0.25, 0.3) is 27.3 Å². The van der Waals surface area contributed by atoms with E-state index in [4.69, 9.17) is 11.0 Å². The highest BCUT2D eigenvalue weighted by molar-refractivity contribution is 7.16. The fourth-order valence-electron chi connectivity index (χ4n) is 3.53. The van der Waals surface area contributed by atoms with Gasteiger partial charge in [-0.05, 0) is 59.8 Å². The van der Waals surface area contributed by atoms with Crippen LogP contribution in [0.1, 0.15) is 4.88 Å². The van der Waals surface area contributed by atoms with Crippen LogP contribution in [-0.2, 0) is 4.79 Å². The summed E-state index contributed by atoms with van der Waals surface area (Å²) in [6, 6.07) is 18.9. The van der Waals surface area contributed by atoms with Gasteiger partial charge in [-0.15, -0.1) is 11.3 Å². The molecule has 0 unspecified atom stereocenters. The Balaban J connectivity index is 1.59. The summed E-state index contributed by atoms with van der Waals surface area (Å²) in [6.07, 6.45) is 1.54. The van der Waals surface area contributed by atoms with Crippen molar-refractivity contribution in [2.24, 2.45) is 5.73 Å². The first-order chi connectivity index (χ1) is 14.0. The molecule has 1 fully saturated rings. The lowest BCUT2D eigenvalue weighted by molar-refractivity contribution is -0.114. The van der Waals surface area contributed by atoms with Crippen molar-refractivity contribution in [2.75, 3.05) is 38.1 Å². The number of hydrogen-bond donors (Lipinski definition) is 1. The lowest BCUT2D eigenvalue weighted by Gasteiger charge is -2.34. The third-order valence-electron chi connectivity index (χ3n) is 5.28. The van der Waals surface area contributed by atoms with Crippen LogP contribution in [0.3, 0.4) is 0 Å². The van der Waals surface area contributed by atoms with Gasteiger partial charge >= 0.3 is 0 Å². The lowest BCUT2D eigenvalue weighted by Crippen LogP contribution is -2.44. The molecule has 1 amide bonds. The Kier molecular flexibility index (Phi) is 5.34. The Morgan fingerprint density at radius 1 is 1.07 bits per heavy atom. The number of amides is 1. The maximum absolute atomic E-state index is 11.2. The number of carbonyl (C=O) groups is 1. The van der Waals surface area contributed by atoms with E-state index in [0.29, 0.717) is 0 Å². The summed E-state index contributed by atoms with van der Waals surface area (Å²) in [5.41, 5.74) is 7.58. The van der Waals surface area contributed by atoms with Crippen LogP contribution in [-0.4, -0.2) is 44.0 Å². The number of nitrogens with zero attached hydrogens (tertiary/aromatic N) is 3. The van der Waals surface area contributed by atoms with Crippen molar-refractivity contribution in [3.8, 4) is 16.5 Å². The van der Waals surface area contributed by atoms with Gasteiger partial charge in [0.1, 0.15) is 11.6 Å². The third kappa shape index (κ3) is 4.16. The van der Waals surface area contributed by atoms with Gasteiger partial charge in [0.2, 0.25) is 0 Å². The summed E-state index contributed by atoms with van der Waals surface area (Å²) in [7, 11) is 2.17. The fourth-order valence-corrected chi connectivity index (χ4v) is 4.48. The molecule has 3 aromatic rings. The second-order valence-electron chi connectivity index (χ2n) is 7.27. The molecule has 1 aliphatic rings. The molecule has 1 aliphatic heterocycles. The average Bonchev–Trinajstić information content (AvgIpc) is 3.20. The molecule has 2 heterocycles. The smallest absolute Gasteiger partial charge is 0.259 e. The highest BCUT2D eigenvalue weighted by atomic mass is 32.1. The second-order valence-corrected chi connectivity index (χ2v) is 8.39. The quantitative estimate of drug-likeness (QED) is 0.533. The van der Waals surface area contributed by atoms with Crippen LogP contribution < -0.4 is 10.6 Å². The summed E-state index contributed by atoms with van der Waals surface area (Å²) < 4.78 is 0. The van der Waals surface area contributed by atoms with E-state index >= 15 is 0 Å². The number of rotatable bonds is 4. The lowest BCUT2D eigenvalue weighted by atomic mass is 10.0. The van der Waals surface area contributed by atoms with Gasteiger partial charge in [-0.25, -0.2) is 0 Å². The average molecular weight is 403 g/mol. The van der Waals surface area contributed by atoms with Crippen molar-refractivity contribution in [1.82, 2.24) is 4.90 Å². The van der Waals surface area contributed by atoms with Crippen LogP contribution in [0.15, 0.2) is 54.1 Å². The highest BCUT2D eigenvalue weighted by Crippen LogP contribution is 2.32. The predicted molar refractivity (Wildman–Crippen MR) is 120 cm³/mol. The number of fused-ring (bicyclic) bond motifs is 1. The molecular weight excluding hydrogens is 380 g/mol. The molecule has 2 N–H and O–H groups in total. The molecule has 1 saturated heterocycles. The van der Waals surface area contributed by atoms with Crippen LogP contribution in [0.5, 0.6) is 0 Å². The maximum atomic E-state index is 11.2. The first kappa shape index (κ1) is 19.2. The van der Waals surface area contributed by atoms with E-state index in [1.54, 1.807) is 6.08 Å². The number of nitriles is 1. The monoisotopic (exact) mass is 402 g/mol. The molecule has 6 heteroatoms. The molecule has 0 bridgehead atoms. The molecule has 0 spiro atoms. The number of nitrogens with two attached hydrogens (primary N) is 1. The van der Waals surface area contributed by atoms with Gasteiger partial charge in [0.25, 0.3) is 5.91 Å². The summed E-state index contributed by atoms with van der Waals surface area (Å²) >= 11 is 1.53. The molecule has 4 rings (SSSR count). The van der Waals surface area contributed by atoms with Gasteiger partial charge in [0, 0.05) is 41.6 Å². The van der Waals surface area contributed by atoms with Crippen LogP contribution in [0, 0.1) is 11.3 Å². The van der Waals surface area contributed by atoms with E-state index in [-0.39, 0.29) is 5.57 Å². The molecule has 5 nitrogen and oxygen atoms in total. The third-order valence-corrected chi connectivity index (χ3v) is 6.36. The molecular formula is C23H22N4OS. The highest BCUT2D eigenvalue weighted by Gasteiger charge is 2.14. The number of thiophene rings is 1. The van der Waals surface area contributed by atoms with Gasteiger partial charge in [-0.1, -0.05) is 18.2 Å². The van der Waals surface area contributed by atoms with Crippen LogP contribution in [0.2, 0.25) is 0 Å². The second kappa shape index (κ2) is 8.08. The van der Waals surface area contributed by atoms with E-state index < -0.39 is 5.91 Å². The molecule has 0 radical (unpaired) electrons. The van der Waals surface area contributed by atoms with Gasteiger partial charge in [0.05, 0.1) is 0 Å². The molecule has 0 atom stereocenters. The number of primary amides is 1. The van der Waals surface area contributed by atoms with E-state index in [9.17, 15) is 4.79 Å². The van der Waals surface area contributed by atoms with Gasteiger partial charge in [-0.2, -0.15) is 5.26 Å². The van der Waals surface area contributed by atoms with E-state index in [1.165, 1.54) is 27.8 Å². The number of carbonyl (C=O) groups excluding carboxylic acids is 1. The fraction of sp³-hybridized carbons (Fsp3) is 0.217. The molecule has 2 aromatic carbocycles. The first-order valence-electron chi connectivity index (χ1n) is 9.52. The Morgan fingerprint density at radius 2 is 1.79 bits per heavy atom. The minimum atomic E-state index is -0.704. The van der Waals surface area contributed by atoms with Crippen molar-refractivity contribution in [2.45, 2.75) is 0 Å². The first-order valence-corrected chi connectivity index (χ1v) is 10.3. The number of likely N-dealkylation sites (N-methyl/N-ethyl adjacent to an activating group) is 1. The van der Waals surface area contributed by atoms with Crippen LogP contribution in [0.4, 0.5) is 5.69 Å². The molecule has 29 heavy (non-hydrogen) atoms. The predicted octanol–water partition coefficient (Wildman–Crippen LogP) is 3.71. The van der Waals surface area contributed by atoms with Crippen LogP contribution >= 0.6 is 11.3 Å². The summed E-state index contributed by atoms with van der Waals surface area (Å²) in [5.74, 6) is -0.704. The van der Waals surface area contributed by atoms with E-state index in [2.05, 4.69) is 53.2 Å². The Morgan fingerprint density at radius 3 is 2.52 bits per heavy atom. The van der Waals surface area contributed by atoms with Gasteiger partial charge in [0.15, 0.2) is 0 Å². The SMILES string of the molecule is CN1CCN(c2ccc3cc(-c4ccc(C=C(C#N)C(N)=O)s4)ccc3c2)CC1. The largest absolute Gasteiger partial charge is 0.369 e. The number of piperazine rings is 1. The standard InChI is InChI=1S/C23H22N4OS/c1-26-8-10-27(11-9-26)20-5-4-16-12-18(3-2-17(16)13-20)22-7-6-21(29-22)14-19(15-24)23(25)28/h2-7,12-14H,8-11H2,1H3,(H2,25,28). The minimum Gasteiger partial charge on any atom is -0.369 e. The summed E-state index contributed by atoms with van der Waals surface area (Å²) in [6.45, 7) is 4.30. The van der Waals surface area contributed by atoms with E-state index in [0.717, 1.165) is 41.5 Å². The molecule has 0 saturated carbocycles. The zero-order valence-electron chi connectivity index (χ0n) is 16.3. The van der Waals surface area contributed by atoms with Gasteiger partial charge < -0.3 is 15.5 Å². The van der Waals surface area contributed by atoms with E-state index in [1.807, 2.05) is 18.2 Å². The normalized spacial score (nSPS) is 15.4. The van der Waals surface area contributed by atoms with Crippen molar-refractivity contribution >= 4 is 39.8 Å². The maximum Gasteiger partial charge on any atom is 0.259 e. The summed E-state index contributed by atoms with van der Waals surface area (Å²) in [4.78, 5) is 18.0. The Hall–Kier alpha value is -3.14. The Labute approximate surface area is 174 Å².